The second-order valence-electron chi connectivity index (χ2n) is 10.4. The molecular formula is C34H35ClFN3O4S. The van der Waals surface area contributed by atoms with Gasteiger partial charge in [-0.2, -0.15) is 0 Å². The van der Waals surface area contributed by atoms with Crippen LogP contribution >= 0.6 is 11.6 Å². The van der Waals surface area contributed by atoms with Crippen LogP contribution < -0.4 is 9.62 Å². The molecule has 0 radical (unpaired) electrons. The van der Waals surface area contributed by atoms with Crippen LogP contribution in [0.5, 0.6) is 0 Å². The molecule has 0 aliphatic carbocycles. The van der Waals surface area contributed by atoms with Gasteiger partial charge in [-0.1, -0.05) is 78.7 Å². The first-order valence-corrected chi connectivity index (χ1v) is 16.1. The van der Waals surface area contributed by atoms with Gasteiger partial charge in [-0.3, -0.25) is 13.9 Å². The first kappa shape index (κ1) is 32.7. The van der Waals surface area contributed by atoms with Crippen molar-refractivity contribution in [3.63, 3.8) is 0 Å². The van der Waals surface area contributed by atoms with Gasteiger partial charge in [0.1, 0.15) is 18.4 Å². The minimum absolute atomic E-state index is 0.0331. The van der Waals surface area contributed by atoms with Crippen LogP contribution in [0.2, 0.25) is 5.02 Å². The summed E-state index contributed by atoms with van der Waals surface area (Å²) in [6, 6.07) is 26.5. The van der Waals surface area contributed by atoms with E-state index in [1.807, 2.05) is 44.2 Å². The molecule has 4 rings (SSSR count). The molecule has 0 saturated carbocycles. The van der Waals surface area contributed by atoms with Gasteiger partial charge in [-0.15, -0.1) is 0 Å². The lowest BCUT2D eigenvalue weighted by molar-refractivity contribution is -0.140. The van der Waals surface area contributed by atoms with Gasteiger partial charge in [0, 0.05) is 24.5 Å². The third-order valence-corrected chi connectivity index (χ3v) is 9.13. The van der Waals surface area contributed by atoms with Crippen LogP contribution in [0.1, 0.15) is 30.0 Å². The van der Waals surface area contributed by atoms with Crippen molar-refractivity contribution in [2.24, 2.45) is 0 Å². The van der Waals surface area contributed by atoms with E-state index in [0.29, 0.717) is 23.6 Å². The van der Waals surface area contributed by atoms with Crippen LogP contribution in [-0.2, 0) is 32.6 Å². The predicted octanol–water partition coefficient (Wildman–Crippen LogP) is 6.15. The fourth-order valence-corrected chi connectivity index (χ4v) is 6.22. The SMILES string of the molecule is CCCNC(=O)[C@@H](Cc1ccccc1)N(Cc1ccc(Cl)cc1)C(=O)CN(c1ccc(C)cc1)S(=O)(=O)c1ccc(F)cc1. The first-order valence-electron chi connectivity index (χ1n) is 14.3. The average Bonchev–Trinajstić information content (AvgIpc) is 3.02. The molecule has 0 fully saturated rings. The predicted molar refractivity (Wildman–Crippen MR) is 171 cm³/mol. The molecule has 7 nitrogen and oxygen atoms in total. The van der Waals surface area contributed by atoms with Gasteiger partial charge >= 0.3 is 0 Å². The number of carbonyl (C=O) groups is 2. The Morgan fingerprint density at radius 1 is 0.864 bits per heavy atom. The normalized spacial score (nSPS) is 11.9. The Morgan fingerprint density at radius 3 is 2.11 bits per heavy atom. The topological polar surface area (TPSA) is 86.8 Å². The molecular weight excluding hydrogens is 601 g/mol. The zero-order valence-corrected chi connectivity index (χ0v) is 26.2. The molecule has 4 aromatic rings. The van der Waals surface area contributed by atoms with E-state index in [2.05, 4.69) is 5.32 Å². The summed E-state index contributed by atoms with van der Waals surface area (Å²) in [5, 5.41) is 3.43. The van der Waals surface area contributed by atoms with Crippen molar-refractivity contribution in [3.05, 3.63) is 131 Å². The molecule has 2 amide bonds. The summed E-state index contributed by atoms with van der Waals surface area (Å²) in [6.07, 6.45) is 0.914. The minimum atomic E-state index is -4.31. The summed E-state index contributed by atoms with van der Waals surface area (Å²) in [4.78, 5) is 29.3. The van der Waals surface area contributed by atoms with E-state index in [0.717, 1.165) is 39.7 Å². The zero-order chi connectivity index (χ0) is 31.7. The molecule has 10 heteroatoms. The molecule has 0 aromatic heterocycles. The van der Waals surface area contributed by atoms with E-state index in [9.17, 15) is 22.4 Å². The van der Waals surface area contributed by atoms with Crippen molar-refractivity contribution in [1.82, 2.24) is 10.2 Å². The van der Waals surface area contributed by atoms with Crippen molar-refractivity contribution in [2.45, 2.75) is 44.2 Å². The van der Waals surface area contributed by atoms with Crippen LogP contribution in [-0.4, -0.2) is 44.3 Å². The molecule has 0 bridgehead atoms. The third kappa shape index (κ3) is 8.45. The number of aryl methyl sites for hydroxylation is 1. The smallest absolute Gasteiger partial charge is 0.264 e. The van der Waals surface area contributed by atoms with Crippen LogP contribution in [0.25, 0.3) is 0 Å². The van der Waals surface area contributed by atoms with Crippen molar-refractivity contribution in [3.8, 4) is 0 Å². The van der Waals surface area contributed by atoms with Gasteiger partial charge in [0.25, 0.3) is 10.0 Å². The number of carbonyl (C=O) groups excluding carboxylic acids is 2. The lowest BCUT2D eigenvalue weighted by atomic mass is 10.0. The second kappa shape index (κ2) is 15.0. The number of benzene rings is 4. The molecule has 1 N–H and O–H groups in total. The summed E-state index contributed by atoms with van der Waals surface area (Å²) in [6.45, 7) is 3.66. The highest BCUT2D eigenvalue weighted by Gasteiger charge is 2.34. The molecule has 0 spiro atoms. The van der Waals surface area contributed by atoms with E-state index >= 15 is 0 Å². The number of nitrogens with zero attached hydrogens (tertiary/aromatic N) is 2. The molecule has 0 heterocycles. The summed E-state index contributed by atoms with van der Waals surface area (Å²) in [5.74, 6) is -1.52. The van der Waals surface area contributed by atoms with E-state index in [4.69, 9.17) is 11.6 Å². The number of hydrogen-bond acceptors (Lipinski definition) is 4. The largest absolute Gasteiger partial charge is 0.354 e. The van der Waals surface area contributed by atoms with Gasteiger partial charge in [-0.25, -0.2) is 12.8 Å². The van der Waals surface area contributed by atoms with Gasteiger partial charge in [0.05, 0.1) is 10.6 Å². The molecule has 44 heavy (non-hydrogen) atoms. The zero-order valence-electron chi connectivity index (χ0n) is 24.6. The number of rotatable bonds is 13. The maximum Gasteiger partial charge on any atom is 0.264 e. The van der Waals surface area contributed by atoms with Crippen molar-refractivity contribution >= 4 is 39.1 Å². The highest BCUT2D eigenvalue weighted by atomic mass is 35.5. The van der Waals surface area contributed by atoms with Crippen molar-refractivity contribution < 1.29 is 22.4 Å². The Balaban J connectivity index is 1.78. The monoisotopic (exact) mass is 635 g/mol. The molecule has 1 atom stereocenters. The Kier molecular flexibility index (Phi) is 11.1. The van der Waals surface area contributed by atoms with E-state index < -0.39 is 34.3 Å². The molecule has 0 aliphatic rings. The summed E-state index contributed by atoms with van der Waals surface area (Å²) in [7, 11) is -4.31. The van der Waals surface area contributed by atoms with Crippen LogP contribution in [0.3, 0.4) is 0 Å². The van der Waals surface area contributed by atoms with Gasteiger partial charge in [-0.05, 0) is 73.0 Å². The van der Waals surface area contributed by atoms with Crippen LogP contribution in [0, 0.1) is 12.7 Å². The molecule has 230 valence electrons. The Hall–Kier alpha value is -4.21. The van der Waals surface area contributed by atoms with Crippen molar-refractivity contribution in [1.29, 1.82) is 0 Å². The van der Waals surface area contributed by atoms with E-state index in [1.54, 1.807) is 48.5 Å². The van der Waals surface area contributed by atoms with Crippen LogP contribution in [0.4, 0.5) is 10.1 Å². The van der Waals surface area contributed by atoms with Crippen molar-refractivity contribution in [2.75, 3.05) is 17.4 Å². The Morgan fingerprint density at radius 2 is 1.50 bits per heavy atom. The number of hydrogen-bond donors (Lipinski definition) is 1. The fraction of sp³-hybridized carbons (Fsp3) is 0.235. The first-order chi connectivity index (χ1) is 21.1. The number of sulfonamides is 1. The lowest BCUT2D eigenvalue weighted by Crippen LogP contribution is -2.53. The summed E-state index contributed by atoms with van der Waals surface area (Å²) < 4.78 is 42.6. The van der Waals surface area contributed by atoms with Crippen LogP contribution in [0.15, 0.2) is 108 Å². The number of amides is 2. The quantitative estimate of drug-likeness (QED) is 0.191. The molecule has 0 aliphatic heterocycles. The Bertz CT molecular complexity index is 1650. The van der Waals surface area contributed by atoms with E-state index in [-0.39, 0.29) is 29.5 Å². The number of anilines is 1. The number of halogens is 2. The van der Waals surface area contributed by atoms with Gasteiger partial charge < -0.3 is 10.2 Å². The fourth-order valence-electron chi connectivity index (χ4n) is 4.68. The second-order valence-corrected chi connectivity index (χ2v) is 12.7. The molecule has 0 saturated heterocycles. The maximum atomic E-state index is 14.4. The summed E-state index contributed by atoms with van der Waals surface area (Å²) >= 11 is 6.11. The van der Waals surface area contributed by atoms with Gasteiger partial charge in [0.2, 0.25) is 11.8 Å². The minimum Gasteiger partial charge on any atom is -0.354 e. The Labute approximate surface area is 263 Å². The third-order valence-electron chi connectivity index (χ3n) is 7.09. The maximum absolute atomic E-state index is 14.4. The standard InChI is InChI=1S/C34H35ClFN3O4S/c1-3-21-37-34(41)32(22-26-7-5-4-6-8-26)38(23-27-11-13-28(35)14-12-27)33(40)24-39(30-17-9-25(2)10-18-30)44(42,43)31-19-15-29(36)16-20-31/h4-20,32H,3,21-24H2,1-2H3,(H,37,41)/t32-/m1/s1. The molecule has 0 unspecified atom stereocenters. The molecule has 4 aromatic carbocycles. The highest BCUT2D eigenvalue weighted by molar-refractivity contribution is 7.92. The lowest BCUT2D eigenvalue weighted by Gasteiger charge is -2.34. The summed E-state index contributed by atoms with van der Waals surface area (Å²) in [5.41, 5.74) is 2.72. The average molecular weight is 636 g/mol. The number of nitrogens with one attached hydrogen (secondary N) is 1. The highest BCUT2D eigenvalue weighted by Crippen LogP contribution is 2.26. The van der Waals surface area contributed by atoms with Gasteiger partial charge in [0.15, 0.2) is 0 Å². The van der Waals surface area contributed by atoms with E-state index in [1.165, 1.54) is 4.90 Å².